The van der Waals surface area contributed by atoms with Crippen LogP contribution in [-0.2, 0) is 36.7 Å². The largest absolute Gasteiger partial charge is 0.472 e. The van der Waals surface area contributed by atoms with Gasteiger partial charge in [0.1, 0.15) is 30.2 Å². The van der Waals surface area contributed by atoms with Crippen molar-refractivity contribution in [2.75, 3.05) is 24.7 Å². The number of nitrogen functional groups attached to an aromatic ring is 2. The molecule has 0 spiro atoms. The summed E-state index contributed by atoms with van der Waals surface area (Å²) in [5.74, 6) is -0.158. The molecule has 2 bridgehead atoms. The molecule has 0 saturated carbocycles. The molecule has 9 atom stereocenters. The second-order valence-corrected chi connectivity index (χ2v) is 14.3. The molecule has 3 aliphatic rings. The van der Waals surface area contributed by atoms with E-state index >= 15 is 4.39 Å². The summed E-state index contributed by atoms with van der Waals surface area (Å²) >= 11 is 4.08. The van der Waals surface area contributed by atoms with Gasteiger partial charge in [-0.2, -0.15) is 4.98 Å². The molecule has 0 amide bonds. The number of nitrogens with one attached hydrogen (secondary N) is 1. The van der Waals surface area contributed by atoms with Crippen LogP contribution in [0.1, 0.15) is 18.9 Å². The maximum atomic E-state index is 15.9. The molecule has 24 heteroatoms. The number of aromatic nitrogens is 8. The lowest BCUT2D eigenvalue weighted by Gasteiger charge is -2.26. The fourth-order valence-electron chi connectivity index (χ4n) is 5.26. The predicted octanol–water partition coefficient (Wildman–Crippen LogP) is 0.602. The first kappa shape index (κ1) is 29.7. The molecule has 44 heavy (non-hydrogen) atoms. The van der Waals surface area contributed by atoms with Crippen molar-refractivity contribution in [2.45, 2.75) is 49.5 Å². The summed E-state index contributed by atoms with van der Waals surface area (Å²) in [5.41, 5.74) is 11.2. The zero-order chi connectivity index (χ0) is 31.0. The average Bonchev–Trinajstić information content (AvgIpc) is 3.72. The molecule has 0 radical (unpaired) electrons. The Hall–Kier alpha value is -3.04. The summed E-state index contributed by atoms with van der Waals surface area (Å²) in [7, 11) is -4.96. The van der Waals surface area contributed by atoms with Gasteiger partial charge in [-0.15, -0.1) is 0 Å². The summed E-state index contributed by atoms with van der Waals surface area (Å²) in [4.78, 5) is 45.3. The summed E-state index contributed by atoms with van der Waals surface area (Å²) < 4.78 is 78.2. The van der Waals surface area contributed by atoms with Gasteiger partial charge in [-0.1, -0.05) is 12.2 Å². The molecule has 236 valence electrons. The first-order valence-electron chi connectivity index (χ1n) is 12.8. The Morgan fingerprint density at radius 3 is 2.52 bits per heavy atom. The van der Waals surface area contributed by atoms with Gasteiger partial charge in [-0.05, 0) is 0 Å². The number of aromatic amines is 1. The Kier molecular flexibility index (Phi) is 7.28. The van der Waals surface area contributed by atoms with Crippen LogP contribution < -0.4 is 17.0 Å². The number of H-pyrrole nitrogens is 1. The number of phosphoric ester groups is 1. The number of anilines is 2. The monoisotopic (exact) mass is 676 g/mol. The molecule has 3 fully saturated rings. The predicted molar refractivity (Wildman–Crippen MR) is 148 cm³/mol. The smallest absolute Gasteiger partial charge is 0.382 e. The van der Waals surface area contributed by atoms with Crippen LogP contribution in [-0.4, -0.2) is 87.7 Å². The molecule has 20 nitrogen and oxygen atoms in total. The van der Waals surface area contributed by atoms with Crippen LogP contribution in [0.4, 0.5) is 16.2 Å². The van der Waals surface area contributed by atoms with Crippen molar-refractivity contribution in [1.29, 1.82) is 0 Å². The van der Waals surface area contributed by atoms with Crippen molar-refractivity contribution in [1.82, 2.24) is 39.0 Å². The van der Waals surface area contributed by atoms with Gasteiger partial charge in [0.25, 0.3) is 5.56 Å². The molecular formula is C20H23FN10O10P2S. The molecule has 6 N–H and O–H groups in total. The van der Waals surface area contributed by atoms with Crippen LogP contribution in [0.2, 0.25) is 0 Å². The van der Waals surface area contributed by atoms with Gasteiger partial charge in [-0.25, -0.2) is 33.5 Å². The topological polar surface area (TPSA) is 269 Å². The van der Waals surface area contributed by atoms with Crippen LogP contribution >= 0.6 is 26.9 Å². The minimum absolute atomic E-state index is 0.0277. The number of alkyl halides is 1. The van der Waals surface area contributed by atoms with E-state index < -0.39 is 76.4 Å². The van der Waals surface area contributed by atoms with Crippen LogP contribution in [0.15, 0.2) is 23.8 Å². The summed E-state index contributed by atoms with van der Waals surface area (Å²) in [5, 5.41) is 0. The number of halogens is 1. The summed E-state index contributed by atoms with van der Waals surface area (Å²) in [6, 6.07) is 0. The average molecular weight is 676 g/mol. The number of fused-ring (bicyclic) bond motifs is 5. The third-order valence-electron chi connectivity index (χ3n) is 7.15. The number of imidazole rings is 2. The minimum Gasteiger partial charge on any atom is -0.382 e. The number of phosphoric acid groups is 1. The van der Waals surface area contributed by atoms with E-state index in [2.05, 4.69) is 42.2 Å². The van der Waals surface area contributed by atoms with Crippen molar-refractivity contribution in [2.24, 2.45) is 0 Å². The van der Waals surface area contributed by atoms with Gasteiger partial charge in [-0.3, -0.25) is 37.0 Å². The van der Waals surface area contributed by atoms with Gasteiger partial charge in [0.05, 0.1) is 32.0 Å². The minimum atomic E-state index is -4.96. The SMILES string of the molecule is Nc1nc2c(ncn2[C@@H]2O[C@@H]3COP(=O)(O)O[C@H]4[C@H](F)[C@H](n5cnc6c(N)ncnc65)O[C@@H]4COP(=O)(S)O[C@H]2C3)c(=O)[nH]1. The van der Waals surface area contributed by atoms with Crippen molar-refractivity contribution >= 4 is 61.0 Å². The molecule has 0 aromatic carbocycles. The lowest BCUT2D eigenvalue weighted by molar-refractivity contribution is -0.0606. The molecule has 4 aromatic heterocycles. The maximum absolute atomic E-state index is 15.9. The van der Waals surface area contributed by atoms with Crippen molar-refractivity contribution in [3.05, 3.63) is 29.3 Å². The number of hydrogen-bond donors (Lipinski definition) is 5. The Bertz CT molecular complexity index is 1910. The third-order valence-corrected chi connectivity index (χ3v) is 9.77. The molecule has 3 saturated heterocycles. The van der Waals surface area contributed by atoms with Gasteiger partial charge in [0.15, 0.2) is 41.3 Å². The lowest BCUT2D eigenvalue weighted by atomic mass is 10.1. The number of hydrogen-bond acceptors (Lipinski definition) is 16. The first-order valence-corrected chi connectivity index (χ1v) is 17.0. The highest BCUT2D eigenvalue weighted by molar-refractivity contribution is 8.44. The second-order valence-electron chi connectivity index (χ2n) is 9.99. The number of thiol groups is 1. The van der Waals surface area contributed by atoms with Crippen molar-refractivity contribution < 1.29 is 46.0 Å². The molecule has 0 aliphatic carbocycles. The van der Waals surface area contributed by atoms with Gasteiger partial charge in [0.2, 0.25) is 5.95 Å². The normalized spacial score (nSPS) is 36.6. The van der Waals surface area contributed by atoms with Crippen LogP contribution in [0.25, 0.3) is 22.3 Å². The zero-order valence-electron chi connectivity index (χ0n) is 22.0. The van der Waals surface area contributed by atoms with Gasteiger partial charge < -0.3 is 25.8 Å². The highest BCUT2D eigenvalue weighted by Gasteiger charge is 2.52. The first-order chi connectivity index (χ1) is 20.9. The van der Waals surface area contributed by atoms with E-state index in [4.69, 9.17) is 39.0 Å². The summed E-state index contributed by atoms with van der Waals surface area (Å²) in [6.07, 6.45) is -6.37. The van der Waals surface area contributed by atoms with Crippen molar-refractivity contribution in [3.8, 4) is 0 Å². The third kappa shape index (κ3) is 5.30. The van der Waals surface area contributed by atoms with Gasteiger partial charge >= 0.3 is 14.6 Å². The Morgan fingerprint density at radius 2 is 1.73 bits per heavy atom. The van der Waals surface area contributed by atoms with E-state index in [-0.39, 0.29) is 40.5 Å². The molecule has 7 rings (SSSR count). The molecular weight excluding hydrogens is 653 g/mol. The van der Waals surface area contributed by atoms with Gasteiger partial charge in [0, 0.05) is 6.42 Å². The van der Waals surface area contributed by atoms with Crippen molar-refractivity contribution in [3.63, 3.8) is 0 Å². The molecule has 3 aliphatic heterocycles. The number of ether oxygens (including phenoxy) is 2. The Morgan fingerprint density at radius 1 is 0.977 bits per heavy atom. The molecule has 4 aromatic rings. The fourth-order valence-corrected chi connectivity index (χ4v) is 7.72. The number of rotatable bonds is 2. The Balaban J connectivity index is 1.19. The van der Waals surface area contributed by atoms with E-state index in [9.17, 15) is 18.8 Å². The van der Waals surface area contributed by atoms with E-state index in [0.29, 0.717) is 0 Å². The quantitative estimate of drug-likeness (QED) is 0.144. The van der Waals surface area contributed by atoms with Crippen LogP contribution in [0.3, 0.4) is 0 Å². The number of nitrogens with two attached hydrogens (primary N) is 2. The second kappa shape index (κ2) is 10.8. The molecule has 7 heterocycles. The zero-order valence-corrected chi connectivity index (χ0v) is 24.7. The van der Waals surface area contributed by atoms with E-state index in [1.165, 1.54) is 21.8 Å². The summed E-state index contributed by atoms with van der Waals surface area (Å²) in [6.45, 7) is -5.46. The highest BCUT2D eigenvalue weighted by atomic mass is 32.7. The Labute approximate surface area is 249 Å². The van der Waals surface area contributed by atoms with Crippen LogP contribution in [0, 0.1) is 0 Å². The fraction of sp³-hybridized carbons (Fsp3) is 0.500. The maximum Gasteiger partial charge on any atom is 0.472 e. The lowest BCUT2D eigenvalue weighted by Crippen LogP contribution is -2.34. The number of nitrogens with zero attached hydrogens (tertiary/aromatic N) is 7. The van der Waals surface area contributed by atoms with Crippen LogP contribution in [0.5, 0.6) is 0 Å². The standard InChI is InChI=1S/C20H23FN10O10P2S/c21-10-13-9(39-19(10)30-5-26-11-14(22)24-4-25-15(11)30)3-37-43(35,44)40-8-1-7(2-36-42(33,34)41-13)38-18(8)31-6-27-12-16(31)28-20(23)29-17(12)32/h4-10,13,18-19H,1-3H2,(H,33,34)(H,35,44)(H2,22,24,25)(H3,23,28,29,32)/t7-,8-,9+,10-,13+,18+,19+,43?/m0/s1. The molecule has 2 unspecified atom stereocenters. The van der Waals surface area contributed by atoms with E-state index in [1.807, 2.05) is 0 Å². The highest BCUT2D eigenvalue weighted by Crippen LogP contribution is 2.58. The van der Waals surface area contributed by atoms with E-state index in [0.717, 1.165) is 6.33 Å². The van der Waals surface area contributed by atoms with E-state index in [1.54, 1.807) is 0 Å².